The first-order valence-corrected chi connectivity index (χ1v) is 7.15. The molecule has 1 aliphatic heterocycles. The zero-order valence-electron chi connectivity index (χ0n) is 12.5. The molecule has 1 aromatic rings. The van der Waals surface area contributed by atoms with E-state index in [1.54, 1.807) is 4.57 Å². The van der Waals surface area contributed by atoms with Crippen molar-refractivity contribution >= 4 is 12.0 Å². The molecule has 0 radical (unpaired) electrons. The van der Waals surface area contributed by atoms with Gasteiger partial charge in [0.2, 0.25) is 0 Å². The van der Waals surface area contributed by atoms with Crippen LogP contribution < -0.4 is 5.32 Å². The van der Waals surface area contributed by atoms with Gasteiger partial charge in [0, 0.05) is 32.4 Å². The maximum absolute atomic E-state index is 12.0. The van der Waals surface area contributed by atoms with Crippen LogP contribution in [0.25, 0.3) is 0 Å². The minimum atomic E-state index is -1.05. The van der Waals surface area contributed by atoms with Crippen molar-refractivity contribution in [1.29, 1.82) is 0 Å². The summed E-state index contributed by atoms with van der Waals surface area (Å²) in [6.45, 7) is 6.97. The molecule has 0 aliphatic carbocycles. The summed E-state index contributed by atoms with van der Waals surface area (Å²) in [5.74, 6) is -1.05. The molecule has 2 N–H and O–H groups in total. The van der Waals surface area contributed by atoms with Crippen molar-refractivity contribution in [3.63, 3.8) is 0 Å². The molecule has 116 valence electrons. The largest absolute Gasteiger partial charge is 0.476 e. The number of imidazole rings is 1. The number of likely N-dealkylation sites (tertiary alicyclic amines) is 1. The number of hydrogen-bond donors (Lipinski definition) is 2. The Morgan fingerprint density at radius 3 is 2.62 bits per heavy atom. The van der Waals surface area contributed by atoms with Gasteiger partial charge in [-0.15, -0.1) is 0 Å². The van der Waals surface area contributed by atoms with E-state index in [2.05, 4.69) is 24.1 Å². The molecule has 0 unspecified atom stereocenters. The van der Waals surface area contributed by atoms with Crippen molar-refractivity contribution in [3.8, 4) is 0 Å². The molecular formula is C14H22N4O3. The minimum absolute atomic E-state index is 0.0135. The third-order valence-electron chi connectivity index (χ3n) is 3.90. The summed E-state index contributed by atoms with van der Waals surface area (Å²) in [6.07, 6.45) is 4.95. The number of carbonyl (C=O) groups is 2. The van der Waals surface area contributed by atoms with Crippen LogP contribution in [-0.2, 0) is 6.54 Å². The fraction of sp³-hybridized carbons (Fsp3) is 0.643. The number of hydrogen-bond acceptors (Lipinski definition) is 3. The minimum Gasteiger partial charge on any atom is -0.476 e. The van der Waals surface area contributed by atoms with E-state index in [0.29, 0.717) is 18.5 Å². The normalized spacial score (nSPS) is 17.5. The van der Waals surface area contributed by atoms with Crippen LogP contribution in [0.2, 0.25) is 0 Å². The average Bonchev–Trinajstić information content (AvgIpc) is 2.87. The molecule has 0 spiro atoms. The molecule has 0 bridgehead atoms. The fourth-order valence-electron chi connectivity index (χ4n) is 2.31. The number of carbonyl (C=O) groups excluding carboxylic acids is 1. The maximum Gasteiger partial charge on any atom is 0.356 e. The third-order valence-corrected chi connectivity index (χ3v) is 3.90. The lowest BCUT2D eigenvalue weighted by molar-refractivity contribution is 0.0691. The van der Waals surface area contributed by atoms with Crippen molar-refractivity contribution in [3.05, 3.63) is 18.2 Å². The van der Waals surface area contributed by atoms with Crippen LogP contribution in [0.3, 0.4) is 0 Å². The quantitative estimate of drug-likeness (QED) is 0.879. The number of nitrogens with one attached hydrogen (secondary N) is 1. The Labute approximate surface area is 124 Å². The Bertz CT molecular complexity index is 514. The topological polar surface area (TPSA) is 87.5 Å². The number of aromatic carboxylic acids is 1. The molecule has 0 atom stereocenters. The maximum atomic E-state index is 12.0. The van der Waals surface area contributed by atoms with Crippen LogP contribution in [0.1, 0.15) is 37.2 Å². The number of carboxylic acid groups (broad SMARTS) is 1. The van der Waals surface area contributed by atoms with E-state index in [1.165, 1.54) is 12.5 Å². The molecule has 1 saturated heterocycles. The molecule has 0 aromatic carbocycles. The SMILES string of the molecule is CC1(C)CCN(C(=O)NCCn2cnc(C(=O)O)c2)CC1. The van der Waals surface area contributed by atoms with Crippen molar-refractivity contribution in [2.75, 3.05) is 19.6 Å². The molecule has 1 aliphatic rings. The van der Waals surface area contributed by atoms with Gasteiger partial charge in [0.15, 0.2) is 5.69 Å². The lowest BCUT2D eigenvalue weighted by Crippen LogP contribution is -2.46. The Hall–Kier alpha value is -2.05. The predicted octanol–water partition coefficient (Wildman–Crippen LogP) is 1.41. The van der Waals surface area contributed by atoms with Crippen LogP contribution in [-0.4, -0.2) is 51.2 Å². The van der Waals surface area contributed by atoms with Crippen molar-refractivity contribution in [2.45, 2.75) is 33.2 Å². The van der Waals surface area contributed by atoms with Crippen LogP contribution in [0, 0.1) is 5.41 Å². The highest BCUT2D eigenvalue weighted by molar-refractivity contribution is 5.84. The second-order valence-electron chi connectivity index (χ2n) is 6.19. The second kappa shape index (κ2) is 6.15. The van der Waals surface area contributed by atoms with Crippen LogP contribution in [0.5, 0.6) is 0 Å². The summed E-state index contributed by atoms with van der Waals surface area (Å²) in [4.78, 5) is 28.3. The van der Waals surface area contributed by atoms with E-state index in [1.807, 2.05) is 4.90 Å². The van der Waals surface area contributed by atoms with Gasteiger partial charge in [-0.1, -0.05) is 13.8 Å². The standard InChI is InChI=1S/C14H22N4O3/c1-14(2)3-6-18(7-4-14)13(21)15-5-8-17-9-11(12(19)20)16-10-17/h9-10H,3-8H2,1-2H3,(H,15,21)(H,19,20). The van der Waals surface area contributed by atoms with Gasteiger partial charge in [-0.3, -0.25) is 0 Å². The first kappa shape index (κ1) is 15.3. The smallest absolute Gasteiger partial charge is 0.356 e. The van der Waals surface area contributed by atoms with Gasteiger partial charge in [-0.25, -0.2) is 14.6 Å². The Morgan fingerprint density at radius 1 is 1.38 bits per heavy atom. The molecule has 2 amide bonds. The van der Waals surface area contributed by atoms with Crippen LogP contribution in [0.15, 0.2) is 12.5 Å². The second-order valence-corrected chi connectivity index (χ2v) is 6.19. The van der Waals surface area contributed by atoms with Gasteiger partial charge in [0.05, 0.1) is 6.33 Å². The molecule has 0 saturated carbocycles. The highest BCUT2D eigenvalue weighted by Gasteiger charge is 2.27. The van der Waals surface area contributed by atoms with Crippen molar-refractivity contribution < 1.29 is 14.7 Å². The van der Waals surface area contributed by atoms with Crippen LogP contribution in [0.4, 0.5) is 4.79 Å². The van der Waals surface area contributed by atoms with E-state index in [4.69, 9.17) is 5.11 Å². The first-order chi connectivity index (χ1) is 9.87. The molecular weight excluding hydrogens is 272 g/mol. The van der Waals surface area contributed by atoms with E-state index >= 15 is 0 Å². The number of piperidine rings is 1. The van der Waals surface area contributed by atoms with E-state index < -0.39 is 5.97 Å². The zero-order valence-corrected chi connectivity index (χ0v) is 12.5. The number of aromatic nitrogens is 2. The summed E-state index contributed by atoms with van der Waals surface area (Å²) in [5.41, 5.74) is 0.334. The molecule has 7 heteroatoms. The van der Waals surface area contributed by atoms with Gasteiger partial charge < -0.3 is 19.9 Å². The summed E-state index contributed by atoms with van der Waals surface area (Å²) in [6, 6.07) is -0.0518. The molecule has 2 heterocycles. The van der Waals surface area contributed by atoms with Crippen molar-refractivity contribution in [1.82, 2.24) is 19.8 Å². The number of nitrogens with zero attached hydrogens (tertiary/aromatic N) is 3. The van der Waals surface area contributed by atoms with E-state index in [0.717, 1.165) is 25.9 Å². The van der Waals surface area contributed by atoms with Gasteiger partial charge in [-0.05, 0) is 18.3 Å². The Kier molecular flexibility index (Phi) is 4.50. The van der Waals surface area contributed by atoms with Gasteiger partial charge in [-0.2, -0.15) is 0 Å². The fourth-order valence-corrected chi connectivity index (χ4v) is 2.31. The Morgan fingerprint density at radius 2 is 2.05 bits per heavy atom. The van der Waals surface area contributed by atoms with Gasteiger partial charge in [0.25, 0.3) is 0 Å². The van der Waals surface area contributed by atoms with Crippen LogP contribution >= 0.6 is 0 Å². The number of urea groups is 1. The number of amides is 2. The zero-order chi connectivity index (χ0) is 15.5. The molecule has 7 nitrogen and oxygen atoms in total. The molecule has 21 heavy (non-hydrogen) atoms. The van der Waals surface area contributed by atoms with Gasteiger partial charge in [0.1, 0.15) is 0 Å². The monoisotopic (exact) mass is 294 g/mol. The summed E-state index contributed by atoms with van der Waals surface area (Å²) in [5, 5.41) is 11.6. The summed E-state index contributed by atoms with van der Waals surface area (Å²) < 4.78 is 1.66. The lowest BCUT2D eigenvalue weighted by atomic mass is 9.83. The van der Waals surface area contributed by atoms with E-state index in [9.17, 15) is 9.59 Å². The highest BCUT2D eigenvalue weighted by Crippen LogP contribution is 2.29. The third kappa shape index (κ3) is 4.21. The predicted molar refractivity (Wildman–Crippen MR) is 77.2 cm³/mol. The van der Waals surface area contributed by atoms with Crippen molar-refractivity contribution in [2.24, 2.45) is 5.41 Å². The highest BCUT2D eigenvalue weighted by atomic mass is 16.4. The molecule has 1 aromatic heterocycles. The molecule has 1 fully saturated rings. The van der Waals surface area contributed by atoms with Gasteiger partial charge >= 0.3 is 12.0 Å². The van der Waals surface area contributed by atoms with E-state index in [-0.39, 0.29) is 11.7 Å². The summed E-state index contributed by atoms with van der Waals surface area (Å²) in [7, 11) is 0. The number of carboxylic acids is 1. The first-order valence-electron chi connectivity index (χ1n) is 7.15. The average molecular weight is 294 g/mol. The number of rotatable bonds is 4. The Balaban J connectivity index is 1.73. The summed E-state index contributed by atoms with van der Waals surface area (Å²) >= 11 is 0. The molecule has 2 rings (SSSR count). The lowest BCUT2D eigenvalue weighted by Gasteiger charge is -2.36.